The van der Waals surface area contributed by atoms with Crippen LogP contribution in [0.2, 0.25) is 0 Å². The molecule has 0 spiro atoms. The van der Waals surface area contributed by atoms with E-state index < -0.39 is 4.92 Å². The minimum absolute atomic E-state index is 0.140. The van der Waals surface area contributed by atoms with Crippen molar-refractivity contribution in [2.24, 2.45) is 5.92 Å². The second-order valence-electron chi connectivity index (χ2n) is 4.82. The quantitative estimate of drug-likeness (QED) is 0.663. The fraction of sp³-hybridized carbons (Fsp3) is 0.538. The van der Waals surface area contributed by atoms with Crippen LogP contribution in [0.5, 0.6) is 0 Å². The summed E-state index contributed by atoms with van der Waals surface area (Å²) >= 11 is 0. The first-order valence-corrected chi connectivity index (χ1v) is 6.50. The maximum atomic E-state index is 10.7. The Hall–Kier alpha value is -2.16. The first-order valence-electron chi connectivity index (χ1n) is 6.50. The van der Waals surface area contributed by atoms with Gasteiger partial charge in [0.1, 0.15) is 11.9 Å². The van der Waals surface area contributed by atoms with Gasteiger partial charge in [-0.15, -0.1) is 0 Å². The smallest absolute Gasteiger partial charge is 0.305 e. The summed E-state index contributed by atoms with van der Waals surface area (Å²) in [4.78, 5) is 14.1. The third-order valence-electron chi connectivity index (χ3n) is 3.47. The number of aromatic nitrogens is 1. The first-order chi connectivity index (χ1) is 9.20. The molecule has 1 saturated carbocycles. The number of anilines is 1. The average molecular weight is 260 g/mol. The molecule has 0 unspecified atom stereocenters. The molecule has 0 aliphatic heterocycles. The summed E-state index contributed by atoms with van der Waals surface area (Å²) in [6, 6.07) is 4.65. The van der Waals surface area contributed by atoms with Crippen molar-refractivity contribution in [3.63, 3.8) is 0 Å². The van der Waals surface area contributed by atoms with Crippen molar-refractivity contribution in [3.8, 4) is 6.07 Å². The number of nitriles is 1. The summed E-state index contributed by atoms with van der Waals surface area (Å²) in [5.41, 5.74) is -0.385. The van der Waals surface area contributed by atoms with Crippen molar-refractivity contribution in [3.05, 3.63) is 27.9 Å². The summed E-state index contributed by atoms with van der Waals surface area (Å²) in [5, 5.41) is 22.7. The van der Waals surface area contributed by atoms with E-state index >= 15 is 0 Å². The van der Waals surface area contributed by atoms with Crippen LogP contribution in [0.15, 0.2) is 12.1 Å². The summed E-state index contributed by atoms with van der Waals surface area (Å²) in [6.45, 7) is 0.815. The maximum absolute atomic E-state index is 10.7. The van der Waals surface area contributed by atoms with Crippen molar-refractivity contribution in [2.45, 2.75) is 32.1 Å². The van der Waals surface area contributed by atoms with Crippen LogP contribution in [-0.2, 0) is 0 Å². The van der Waals surface area contributed by atoms with Crippen molar-refractivity contribution < 1.29 is 4.92 Å². The van der Waals surface area contributed by atoms with E-state index in [0.717, 1.165) is 6.54 Å². The number of hydrogen-bond acceptors (Lipinski definition) is 5. The number of nitrogens with zero attached hydrogens (tertiary/aromatic N) is 3. The van der Waals surface area contributed by atoms with E-state index in [-0.39, 0.29) is 11.4 Å². The van der Waals surface area contributed by atoms with Crippen LogP contribution in [0.25, 0.3) is 0 Å². The molecule has 1 fully saturated rings. The van der Waals surface area contributed by atoms with E-state index in [1.54, 1.807) is 12.1 Å². The van der Waals surface area contributed by atoms with Gasteiger partial charge in [-0.25, -0.2) is 4.98 Å². The molecule has 6 heteroatoms. The van der Waals surface area contributed by atoms with Crippen LogP contribution in [0, 0.1) is 27.4 Å². The molecule has 2 rings (SSSR count). The largest absolute Gasteiger partial charge is 0.370 e. The van der Waals surface area contributed by atoms with Crippen molar-refractivity contribution in [1.82, 2.24) is 4.98 Å². The summed E-state index contributed by atoms with van der Waals surface area (Å²) in [6.07, 6.45) is 6.27. The Kier molecular flexibility index (Phi) is 4.29. The monoisotopic (exact) mass is 260 g/mol. The molecule has 1 heterocycles. The Morgan fingerprint density at radius 1 is 1.42 bits per heavy atom. The Balaban J connectivity index is 2.01. The van der Waals surface area contributed by atoms with Gasteiger partial charge in [0.05, 0.1) is 4.92 Å². The highest BCUT2D eigenvalue weighted by molar-refractivity contribution is 5.50. The zero-order valence-corrected chi connectivity index (χ0v) is 10.6. The lowest BCUT2D eigenvalue weighted by Crippen LogP contribution is -2.17. The number of pyridine rings is 1. The predicted octanol–water partition coefficient (Wildman–Crippen LogP) is 2.85. The van der Waals surface area contributed by atoms with Gasteiger partial charge in [-0.2, -0.15) is 5.26 Å². The number of rotatable bonds is 4. The fourth-order valence-corrected chi connectivity index (χ4v) is 2.42. The van der Waals surface area contributed by atoms with Crippen LogP contribution >= 0.6 is 0 Å². The van der Waals surface area contributed by atoms with Gasteiger partial charge < -0.3 is 5.32 Å². The molecule has 1 aromatic heterocycles. The molecule has 0 atom stereocenters. The normalized spacial score (nSPS) is 15.7. The number of nitrogens with one attached hydrogen (secondary N) is 1. The molecular formula is C13H16N4O2. The molecular weight excluding hydrogens is 244 g/mol. The van der Waals surface area contributed by atoms with Gasteiger partial charge in [0, 0.05) is 12.6 Å². The second-order valence-corrected chi connectivity index (χ2v) is 4.82. The minimum Gasteiger partial charge on any atom is -0.370 e. The van der Waals surface area contributed by atoms with Gasteiger partial charge in [-0.1, -0.05) is 19.3 Å². The Labute approximate surface area is 111 Å². The zero-order valence-electron chi connectivity index (χ0n) is 10.6. The summed E-state index contributed by atoms with van der Waals surface area (Å²) in [7, 11) is 0. The molecule has 1 N–H and O–H groups in total. The van der Waals surface area contributed by atoms with Crippen LogP contribution in [0.1, 0.15) is 37.8 Å². The summed E-state index contributed by atoms with van der Waals surface area (Å²) < 4.78 is 0. The van der Waals surface area contributed by atoms with Crippen molar-refractivity contribution >= 4 is 11.5 Å². The highest BCUT2D eigenvalue weighted by atomic mass is 16.6. The standard InChI is InChI=1S/C13H16N4O2/c14-8-11-12(17(18)19)6-7-13(16-11)15-9-10-4-2-1-3-5-10/h6-7,10H,1-5,9H2,(H,15,16). The summed E-state index contributed by atoms with van der Waals surface area (Å²) in [5.74, 6) is 1.17. The molecule has 1 aromatic rings. The Morgan fingerprint density at radius 3 is 2.79 bits per heavy atom. The predicted molar refractivity (Wildman–Crippen MR) is 70.7 cm³/mol. The van der Waals surface area contributed by atoms with Crippen LogP contribution in [0.4, 0.5) is 11.5 Å². The molecule has 0 aromatic carbocycles. The van der Waals surface area contributed by atoms with Crippen LogP contribution in [-0.4, -0.2) is 16.5 Å². The van der Waals surface area contributed by atoms with Gasteiger partial charge >= 0.3 is 5.69 Å². The maximum Gasteiger partial charge on any atom is 0.305 e. The molecule has 19 heavy (non-hydrogen) atoms. The van der Waals surface area contributed by atoms with E-state index in [1.165, 1.54) is 38.2 Å². The van der Waals surface area contributed by atoms with E-state index in [0.29, 0.717) is 11.7 Å². The molecule has 100 valence electrons. The lowest BCUT2D eigenvalue weighted by Gasteiger charge is -2.21. The lowest BCUT2D eigenvalue weighted by molar-refractivity contribution is -0.385. The van der Waals surface area contributed by atoms with Crippen LogP contribution in [0.3, 0.4) is 0 Å². The van der Waals surface area contributed by atoms with Gasteiger partial charge in [0.15, 0.2) is 0 Å². The highest BCUT2D eigenvalue weighted by Crippen LogP contribution is 2.24. The van der Waals surface area contributed by atoms with E-state index in [9.17, 15) is 10.1 Å². The number of nitro groups is 1. The molecule has 0 amide bonds. The molecule has 0 bridgehead atoms. The SMILES string of the molecule is N#Cc1nc(NCC2CCCCC2)ccc1[N+](=O)[O-]. The van der Waals surface area contributed by atoms with E-state index in [1.807, 2.05) is 0 Å². The van der Waals surface area contributed by atoms with E-state index in [2.05, 4.69) is 10.3 Å². The zero-order chi connectivity index (χ0) is 13.7. The van der Waals surface area contributed by atoms with E-state index in [4.69, 9.17) is 5.26 Å². The first kappa shape index (κ1) is 13.3. The van der Waals surface area contributed by atoms with Crippen molar-refractivity contribution in [2.75, 3.05) is 11.9 Å². The van der Waals surface area contributed by atoms with Gasteiger partial charge in [0.25, 0.3) is 0 Å². The third-order valence-corrected chi connectivity index (χ3v) is 3.47. The molecule has 0 radical (unpaired) electrons. The Morgan fingerprint density at radius 2 is 2.16 bits per heavy atom. The molecule has 1 aliphatic carbocycles. The van der Waals surface area contributed by atoms with Crippen molar-refractivity contribution in [1.29, 1.82) is 5.26 Å². The second kappa shape index (κ2) is 6.14. The third kappa shape index (κ3) is 3.41. The van der Waals surface area contributed by atoms with Crippen LogP contribution < -0.4 is 5.32 Å². The number of hydrogen-bond donors (Lipinski definition) is 1. The minimum atomic E-state index is -0.587. The highest BCUT2D eigenvalue weighted by Gasteiger charge is 2.17. The lowest BCUT2D eigenvalue weighted by atomic mass is 9.89. The topological polar surface area (TPSA) is 91.8 Å². The van der Waals surface area contributed by atoms with Gasteiger partial charge in [-0.05, 0) is 24.8 Å². The fourth-order valence-electron chi connectivity index (χ4n) is 2.42. The molecule has 1 aliphatic rings. The van der Waals surface area contributed by atoms with Gasteiger partial charge in [-0.3, -0.25) is 10.1 Å². The average Bonchev–Trinajstić information content (AvgIpc) is 2.45. The van der Waals surface area contributed by atoms with Gasteiger partial charge in [0.2, 0.25) is 5.69 Å². The Bertz CT molecular complexity index is 504. The molecule has 0 saturated heterocycles. The molecule has 6 nitrogen and oxygen atoms in total.